The summed E-state index contributed by atoms with van der Waals surface area (Å²) < 4.78 is 1.16. The van der Waals surface area contributed by atoms with Crippen LogP contribution < -0.4 is 0 Å². The van der Waals surface area contributed by atoms with Gasteiger partial charge in [-0.25, -0.2) is 0 Å². The van der Waals surface area contributed by atoms with Crippen molar-refractivity contribution in [3.8, 4) is 0 Å². The normalized spacial score (nSPS) is 36.0. The van der Waals surface area contributed by atoms with Crippen LogP contribution in [0.3, 0.4) is 0 Å². The molecule has 2 fully saturated rings. The van der Waals surface area contributed by atoms with Crippen molar-refractivity contribution in [3.05, 3.63) is 0 Å². The SMILES string of the molecule is CC1CC(C(C)C)CCCC2C(C1)SC(=S)N2C(C)C. The minimum Gasteiger partial charge on any atom is -0.351 e. The van der Waals surface area contributed by atoms with Gasteiger partial charge in [-0.2, -0.15) is 0 Å². The van der Waals surface area contributed by atoms with Gasteiger partial charge < -0.3 is 4.90 Å². The Bertz CT molecular complexity index is 340. The second-order valence-electron chi connectivity index (χ2n) is 7.50. The lowest BCUT2D eigenvalue weighted by atomic mass is 9.83. The molecule has 4 unspecified atom stereocenters. The van der Waals surface area contributed by atoms with Crippen LogP contribution in [0, 0.1) is 17.8 Å². The summed E-state index contributed by atoms with van der Waals surface area (Å²) in [6.45, 7) is 11.9. The molecule has 0 N–H and O–H groups in total. The highest BCUT2D eigenvalue weighted by Crippen LogP contribution is 2.42. The predicted octanol–water partition coefficient (Wildman–Crippen LogP) is 5.34. The fraction of sp³-hybridized carbons (Fsp3) is 0.941. The summed E-state index contributed by atoms with van der Waals surface area (Å²) in [6.07, 6.45) is 6.89. The van der Waals surface area contributed by atoms with Crippen LogP contribution in [0.25, 0.3) is 0 Å². The summed E-state index contributed by atoms with van der Waals surface area (Å²) in [5, 5.41) is 0.741. The smallest absolute Gasteiger partial charge is 0.137 e. The third-order valence-electron chi connectivity index (χ3n) is 5.16. The average molecular weight is 314 g/mol. The molecule has 0 radical (unpaired) electrons. The summed E-state index contributed by atoms with van der Waals surface area (Å²) >= 11 is 7.63. The van der Waals surface area contributed by atoms with Crippen molar-refractivity contribution in [1.82, 2.24) is 4.90 Å². The highest BCUT2D eigenvalue weighted by molar-refractivity contribution is 8.23. The van der Waals surface area contributed by atoms with Crippen molar-refractivity contribution in [2.45, 2.75) is 84.1 Å². The number of nitrogens with zero attached hydrogens (tertiary/aromatic N) is 1. The fourth-order valence-electron chi connectivity index (χ4n) is 4.03. The van der Waals surface area contributed by atoms with Gasteiger partial charge in [0.1, 0.15) is 4.32 Å². The lowest BCUT2D eigenvalue weighted by molar-refractivity contribution is 0.249. The Kier molecular flexibility index (Phi) is 5.81. The number of fused-ring (bicyclic) bond motifs is 1. The van der Waals surface area contributed by atoms with Crippen LogP contribution in [0.5, 0.6) is 0 Å². The van der Waals surface area contributed by atoms with Gasteiger partial charge in [0.05, 0.1) is 0 Å². The van der Waals surface area contributed by atoms with Crippen LogP contribution >= 0.6 is 24.0 Å². The van der Waals surface area contributed by atoms with Gasteiger partial charge in [0.2, 0.25) is 0 Å². The second-order valence-corrected chi connectivity index (χ2v) is 9.38. The molecule has 1 nitrogen and oxygen atoms in total. The third-order valence-corrected chi connectivity index (χ3v) is 6.88. The van der Waals surface area contributed by atoms with E-state index in [0.717, 1.165) is 27.3 Å². The van der Waals surface area contributed by atoms with E-state index in [1.807, 2.05) is 11.8 Å². The lowest BCUT2D eigenvalue weighted by Gasteiger charge is -2.32. The Balaban J connectivity index is 2.11. The molecular weight excluding hydrogens is 282 g/mol. The molecule has 116 valence electrons. The standard InChI is InChI=1S/C17H31NS2/c1-11(2)14-7-6-8-15-16(10-13(5)9-14)20-17(19)18(15)12(3)4/h11-16H,6-10H2,1-5H3. The van der Waals surface area contributed by atoms with E-state index in [0.29, 0.717) is 12.1 Å². The van der Waals surface area contributed by atoms with Crippen molar-refractivity contribution in [1.29, 1.82) is 0 Å². The number of rotatable bonds is 2. The molecule has 0 aromatic heterocycles. The summed E-state index contributed by atoms with van der Waals surface area (Å²) in [4.78, 5) is 2.53. The number of thiocarbonyl (C=S) groups is 1. The zero-order valence-electron chi connectivity index (χ0n) is 13.8. The maximum atomic E-state index is 5.65. The number of hydrogen-bond donors (Lipinski definition) is 0. The molecule has 2 rings (SSSR count). The Morgan fingerprint density at radius 3 is 2.45 bits per heavy atom. The van der Waals surface area contributed by atoms with Crippen molar-refractivity contribution in [2.75, 3.05) is 0 Å². The third kappa shape index (κ3) is 3.71. The minimum atomic E-state index is 0.557. The number of hydrogen-bond acceptors (Lipinski definition) is 2. The van der Waals surface area contributed by atoms with E-state index in [1.54, 1.807) is 0 Å². The van der Waals surface area contributed by atoms with Gasteiger partial charge in [-0.05, 0) is 50.9 Å². The molecule has 0 aromatic rings. The molecule has 1 aliphatic heterocycles. The summed E-state index contributed by atoms with van der Waals surface area (Å²) in [7, 11) is 0. The van der Waals surface area contributed by atoms with Crippen LogP contribution in [0.1, 0.15) is 66.7 Å². The van der Waals surface area contributed by atoms with Gasteiger partial charge in [0.25, 0.3) is 0 Å². The molecule has 1 saturated heterocycles. The quantitative estimate of drug-likeness (QED) is 0.634. The molecule has 1 saturated carbocycles. The van der Waals surface area contributed by atoms with E-state index in [2.05, 4.69) is 39.5 Å². The van der Waals surface area contributed by atoms with Crippen LogP contribution in [0.15, 0.2) is 0 Å². The molecule has 1 aliphatic carbocycles. The van der Waals surface area contributed by atoms with Crippen LogP contribution in [-0.4, -0.2) is 26.6 Å². The molecule has 4 atom stereocenters. The zero-order chi connectivity index (χ0) is 14.9. The average Bonchev–Trinajstić information content (AvgIpc) is 2.65. The van der Waals surface area contributed by atoms with E-state index in [1.165, 1.54) is 32.1 Å². The lowest BCUT2D eigenvalue weighted by Crippen LogP contribution is -2.41. The molecule has 0 bridgehead atoms. The Hall–Kier alpha value is 0.240. The molecule has 0 aromatic carbocycles. The first-order chi connectivity index (χ1) is 9.40. The van der Waals surface area contributed by atoms with Crippen molar-refractivity contribution in [3.63, 3.8) is 0 Å². The molecule has 2 aliphatic rings. The monoisotopic (exact) mass is 313 g/mol. The first-order valence-corrected chi connectivity index (χ1v) is 9.67. The van der Waals surface area contributed by atoms with Crippen molar-refractivity contribution >= 4 is 28.3 Å². The second kappa shape index (κ2) is 7.00. The van der Waals surface area contributed by atoms with E-state index in [-0.39, 0.29) is 0 Å². The van der Waals surface area contributed by atoms with Crippen LogP contribution in [0.2, 0.25) is 0 Å². The van der Waals surface area contributed by atoms with E-state index < -0.39 is 0 Å². The van der Waals surface area contributed by atoms with E-state index in [9.17, 15) is 0 Å². The zero-order valence-corrected chi connectivity index (χ0v) is 15.4. The maximum Gasteiger partial charge on any atom is 0.137 e. The summed E-state index contributed by atoms with van der Waals surface area (Å²) in [5.41, 5.74) is 0. The van der Waals surface area contributed by atoms with Gasteiger partial charge in [0, 0.05) is 17.3 Å². The molecule has 1 heterocycles. The molecular formula is C17H31NS2. The first kappa shape index (κ1) is 16.6. The van der Waals surface area contributed by atoms with Gasteiger partial charge in [0.15, 0.2) is 0 Å². The maximum absolute atomic E-state index is 5.65. The minimum absolute atomic E-state index is 0.557. The highest BCUT2D eigenvalue weighted by atomic mass is 32.2. The summed E-state index contributed by atoms with van der Waals surface area (Å²) in [6, 6.07) is 1.25. The number of thioether (sulfide) groups is 1. The summed E-state index contributed by atoms with van der Waals surface area (Å²) in [5.74, 6) is 2.61. The Labute approximate surface area is 135 Å². The van der Waals surface area contributed by atoms with Gasteiger partial charge in [-0.15, -0.1) is 0 Å². The largest absolute Gasteiger partial charge is 0.351 e. The molecule has 3 heteroatoms. The van der Waals surface area contributed by atoms with Crippen molar-refractivity contribution < 1.29 is 0 Å². The first-order valence-electron chi connectivity index (χ1n) is 8.39. The van der Waals surface area contributed by atoms with E-state index >= 15 is 0 Å². The van der Waals surface area contributed by atoms with Crippen LogP contribution in [-0.2, 0) is 0 Å². The topological polar surface area (TPSA) is 3.24 Å². The Morgan fingerprint density at radius 2 is 1.85 bits per heavy atom. The fourth-order valence-corrected chi connectivity index (χ4v) is 6.32. The van der Waals surface area contributed by atoms with E-state index in [4.69, 9.17) is 12.2 Å². The highest BCUT2D eigenvalue weighted by Gasteiger charge is 2.40. The molecule has 0 spiro atoms. The van der Waals surface area contributed by atoms with Gasteiger partial charge >= 0.3 is 0 Å². The molecule has 20 heavy (non-hydrogen) atoms. The van der Waals surface area contributed by atoms with Crippen LogP contribution in [0.4, 0.5) is 0 Å². The molecule has 0 amide bonds. The predicted molar refractivity (Wildman–Crippen MR) is 95.3 cm³/mol. The van der Waals surface area contributed by atoms with Crippen molar-refractivity contribution in [2.24, 2.45) is 17.8 Å². The Morgan fingerprint density at radius 1 is 1.15 bits per heavy atom. The van der Waals surface area contributed by atoms with Gasteiger partial charge in [-0.1, -0.05) is 57.6 Å². The van der Waals surface area contributed by atoms with Gasteiger partial charge in [-0.3, -0.25) is 0 Å².